The summed E-state index contributed by atoms with van der Waals surface area (Å²) in [4.78, 5) is 32.8. The number of carbonyl (C=O) groups excluding carboxylic acids is 2. The van der Waals surface area contributed by atoms with E-state index in [1.807, 2.05) is 0 Å². The molecule has 0 aromatic carbocycles. The second-order valence-electron chi connectivity index (χ2n) is 3.57. The Morgan fingerprint density at radius 2 is 2.12 bits per heavy atom. The Hall–Kier alpha value is -1.56. The molecule has 0 saturated heterocycles. The van der Waals surface area contributed by atoms with Gasteiger partial charge in [0, 0.05) is 18.4 Å². The normalized spacial score (nSPS) is 12.1. The molecule has 6 heteroatoms. The monoisotopic (exact) mass is 241 g/mol. The predicted octanol–water partition coefficient (Wildman–Crippen LogP) is 2.45. The maximum absolute atomic E-state index is 11.8. The fraction of sp³-hybridized carbons (Fsp3) is 0.400. The fourth-order valence-electron chi connectivity index (χ4n) is 1.32. The number of carbonyl (C=O) groups is 2. The van der Waals surface area contributed by atoms with Crippen molar-refractivity contribution in [3.8, 4) is 0 Å². The summed E-state index contributed by atoms with van der Waals surface area (Å²) in [7, 11) is 0. The van der Waals surface area contributed by atoms with Crippen LogP contribution in [0.2, 0.25) is 0 Å². The van der Waals surface area contributed by atoms with Crippen LogP contribution in [0.3, 0.4) is 0 Å². The summed E-state index contributed by atoms with van der Waals surface area (Å²) in [6.45, 7) is 3.07. The number of Topliss-reactive ketones (excluding diaryl/α,β-unsaturated/α-hetero) is 2. The molecule has 0 bridgehead atoms. The van der Waals surface area contributed by atoms with Gasteiger partial charge in [0.25, 0.3) is 0 Å². The molecule has 1 rings (SSSR count). The lowest BCUT2D eigenvalue weighted by molar-refractivity contribution is -0.380. The van der Waals surface area contributed by atoms with Crippen molar-refractivity contribution < 1.29 is 14.5 Å². The maximum Gasteiger partial charge on any atom is 0.324 e. The first-order valence-electron chi connectivity index (χ1n) is 4.69. The van der Waals surface area contributed by atoms with Crippen LogP contribution in [0.25, 0.3) is 0 Å². The van der Waals surface area contributed by atoms with Gasteiger partial charge in [-0.05, 0) is 13.0 Å². The molecule has 0 N–H and O–H groups in total. The Bertz CT molecular complexity index is 438. The van der Waals surface area contributed by atoms with E-state index in [2.05, 4.69) is 0 Å². The average Bonchev–Trinajstić information content (AvgIpc) is 2.64. The van der Waals surface area contributed by atoms with Crippen LogP contribution in [-0.2, 0) is 4.79 Å². The highest BCUT2D eigenvalue weighted by atomic mass is 32.1. The molecule has 0 fully saturated rings. The van der Waals surface area contributed by atoms with Crippen LogP contribution < -0.4 is 0 Å². The lowest BCUT2D eigenvalue weighted by atomic mass is 9.99. The average molecular weight is 241 g/mol. The second-order valence-corrected chi connectivity index (χ2v) is 4.63. The Balaban J connectivity index is 2.80. The SMILES string of the molecule is CC(=O)CC(C)C(=O)c1ccc([N+](=O)[O-])s1. The van der Waals surface area contributed by atoms with Crippen molar-refractivity contribution in [2.75, 3.05) is 0 Å². The van der Waals surface area contributed by atoms with Crippen molar-refractivity contribution in [3.05, 3.63) is 27.1 Å². The Morgan fingerprint density at radius 3 is 2.56 bits per heavy atom. The Labute approximate surface area is 96.2 Å². The molecule has 0 aliphatic carbocycles. The smallest absolute Gasteiger partial charge is 0.300 e. The van der Waals surface area contributed by atoms with Gasteiger partial charge < -0.3 is 4.79 Å². The third-order valence-corrected chi connectivity index (χ3v) is 3.11. The van der Waals surface area contributed by atoms with E-state index in [9.17, 15) is 19.7 Å². The summed E-state index contributed by atoms with van der Waals surface area (Å²) in [5, 5.41) is 10.4. The molecule has 86 valence electrons. The van der Waals surface area contributed by atoms with Crippen molar-refractivity contribution in [2.24, 2.45) is 5.92 Å². The maximum atomic E-state index is 11.8. The van der Waals surface area contributed by atoms with Gasteiger partial charge in [-0.25, -0.2) is 0 Å². The molecule has 1 aromatic heterocycles. The van der Waals surface area contributed by atoms with Crippen LogP contribution in [0.1, 0.15) is 29.9 Å². The molecule has 0 saturated carbocycles. The third-order valence-electron chi connectivity index (χ3n) is 2.06. The Kier molecular flexibility index (Phi) is 3.89. The summed E-state index contributed by atoms with van der Waals surface area (Å²) in [5.74, 6) is -0.698. The van der Waals surface area contributed by atoms with Gasteiger partial charge in [-0.15, -0.1) is 0 Å². The molecule has 0 spiro atoms. The molecule has 1 aromatic rings. The second kappa shape index (κ2) is 4.98. The number of rotatable bonds is 5. The first-order chi connectivity index (χ1) is 7.41. The van der Waals surface area contributed by atoms with Crippen LogP contribution >= 0.6 is 11.3 Å². The van der Waals surface area contributed by atoms with Gasteiger partial charge in [-0.2, -0.15) is 0 Å². The molecule has 5 nitrogen and oxygen atoms in total. The highest BCUT2D eigenvalue weighted by molar-refractivity contribution is 7.17. The van der Waals surface area contributed by atoms with Crippen LogP contribution in [0, 0.1) is 16.0 Å². The summed E-state index contributed by atoms with van der Waals surface area (Å²) in [6, 6.07) is 2.74. The van der Waals surface area contributed by atoms with Crippen LogP contribution in [0.15, 0.2) is 12.1 Å². The van der Waals surface area contributed by atoms with Crippen molar-refractivity contribution in [1.29, 1.82) is 0 Å². The van der Waals surface area contributed by atoms with Gasteiger partial charge in [0.15, 0.2) is 5.78 Å². The van der Waals surface area contributed by atoms with Crippen LogP contribution in [0.4, 0.5) is 5.00 Å². The standard InChI is InChI=1S/C10H11NO4S/c1-6(5-7(2)12)10(13)8-3-4-9(16-8)11(14)15/h3-4,6H,5H2,1-2H3. The van der Waals surface area contributed by atoms with E-state index in [4.69, 9.17) is 0 Å². The van der Waals surface area contributed by atoms with E-state index in [1.165, 1.54) is 19.1 Å². The molecule has 1 atom stereocenters. The molecular formula is C10H11NO4S. The van der Waals surface area contributed by atoms with E-state index >= 15 is 0 Å². The fourth-order valence-corrected chi connectivity index (χ4v) is 2.20. The topological polar surface area (TPSA) is 77.3 Å². The zero-order valence-electron chi connectivity index (χ0n) is 8.93. The van der Waals surface area contributed by atoms with Crippen LogP contribution in [0.5, 0.6) is 0 Å². The van der Waals surface area contributed by atoms with E-state index in [0.29, 0.717) is 4.88 Å². The highest BCUT2D eigenvalue weighted by Crippen LogP contribution is 2.26. The van der Waals surface area contributed by atoms with Gasteiger partial charge in [0.2, 0.25) is 0 Å². The molecule has 0 radical (unpaired) electrons. The van der Waals surface area contributed by atoms with E-state index in [1.54, 1.807) is 6.92 Å². The van der Waals surface area contributed by atoms with Gasteiger partial charge in [0.1, 0.15) is 5.78 Å². The summed E-state index contributed by atoms with van der Waals surface area (Å²) in [5.41, 5.74) is 0. The minimum Gasteiger partial charge on any atom is -0.300 e. The quantitative estimate of drug-likeness (QED) is 0.450. The number of thiophene rings is 1. The minimum absolute atomic E-state index is 0.0571. The third kappa shape index (κ3) is 2.96. The molecular weight excluding hydrogens is 230 g/mol. The highest BCUT2D eigenvalue weighted by Gasteiger charge is 2.21. The number of hydrogen-bond acceptors (Lipinski definition) is 5. The van der Waals surface area contributed by atoms with Gasteiger partial charge in [-0.3, -0.25) is 14.9 Å². The molecule has 16 heavy (non-hydrogen) atoms. The summed E-state index contributed by atoms with van der Waals surface area (Å²) < 4.78 is 0. The zero-order valence-corrected chi connectivity index (χ0v) is 9.74. The Morgan fingerprint density at radius 1 is 1.50 bits per heavy atom. The lowest BCUT2D eigenvalue weighted by Gasteiger charge is -2.05. The number of ketones is 2. The van der Waals surface area contributed by atoms with Gasteiger partial charge in [0.05, 0.1) is 9.80 Å². The zero-order chi connectivity index (χ0) is 12.3. The number of hydrogen-bond donors (Lipinski definition) is 0. The number of nitrogens with zero attached hydrogens (tertiary/aromatic N) is 1. The van der Waals surface area contributed by atoms with E-state index in [0.717, 1.165) is 11.3 Å². The molecule has 0 aliphatic heterocycles. The molecule has 1 heterocycles. The molecule has 0 amide bonds. The summed E-state index contributed by atoms with van der Waals surface area (Å²) >= 11 is 0.845. The lowest BCUT2D eigenvalue weighted by Crippen LogP contribution is -2.13. The molecule has 1 unspecified atom stereocenters. The first kappa shape index (κ1) is 12.5. The molecule has 0 aliphatic rings. The summed E-state index contributed by atoms with van der Waals surface area (Å²) in [6.07, 6.45) is 0.171. The van der Waals surface area contributed by atoms with Crippen molar-refractivity contribution in [1.82, 2.24) is 0 Å². The van der Waals surface area contributed by atoms with Crippen molar-refractivity contribution in [3.63, 3.8) is 0 Å². The number of nitro groups is 1. The van der Waals surface area contributed by atoms with Gasteiger partial charge in [-0.1, -0.05) is 18.3 Å². The largest absolute Gasteiger partial charge is 0.324 e. The first-order valence-corrected chi connectivity index (χ1v) is 5.51. The van der Waals surface area contributed by atoms with Crippen molar-refractivity contribution >= 4 is 27.9 Å². The van der Waals surface area contributed by atoms with Crippen molar-refractivity contribution in [2.45, 2.75) is 20.3 Å². The van der Waals surface area contributed by atoms with E-state index < -0.39 is 10.8 Å². The van der Waals surface area contributed by atoms with Gasteiger partial charge >= 0.3 is 5.00 Å². The predicted molar refractivity (Wildman–Crippen MR) is 59.8 cm³/mol. The van der Waals surface area contributed by atoms with E-state index in [-0.39, 0.29) is 23.0 Å². The minimum atomic E-state index is -0.531. The van der Waals surface area contributed by atoms with Crippen LogP contribution in [-0.4, -0.2) is 16.5 Å².